The summed E-state index contributed by atoms with van der Waals surface area (Å²) in [6.45, 7) is 5.20. The third kappa shape index (κ3) is 4.50. The fourth-order valence-electron chi connectivity index (χ4n) is 2.60. The predicted octanol–water partition coefficient (Wildman–Crippen LogP) is 0.282. The molecule has 1 aromatic rings. The average Bonchev–Trinajstić information content (AvgIpc) is 2.88. The van der Waals surface area contributed by atoms with Gasteiger partial charge in [-0.2, -0.15) is 5.10 Å². The number of aromatic amines is 1. The number of sulfonamides is 1. The molecule has 1 saturated heterocycles. The highest BCUT2D eigenvalue weighted by Crippen LogP contribution is 2.15. The fraction of sp³-hybridized carbons (Fsp3) is 0.769. The van der Waals surface area contributed by atoms with Crippen molar-refractivity contribution in [1.29, 1.82) is 0 Å². The van der Waals surface area contributed by atoms with Gasteiger partial charge in [-0.05, 0) is 39.4 Å². The monoisotopic (exact) mass is 315 g/mol. The molecule has 120 valence electrons. The van der Waals surface area contributed by atoms with Crippen molar-refractivity contribution < 1.29 is 8.42 Å². The molecule has 0 aromatic carbocycles. The summed E-state index contributed by atoms with van der Waals surface area (Å²) in [5.74, 6) is 0. The van der Waals surface area contributed by atoms with E-state index in [0.29, 0.717) is 12.1 Å². The van der Waals surface area contributed by atoms with E-state index in [1.54, 1.807) is 6.20 Å². The number of nitrogens with one attached hydrogen (secondary N) is 3. The molecule has 1 aliphatic rings. The first-order valence-electron chi connectivity index (χ1n) is 7.46. The molecule has 1 aliphatic heterocycles. The number of hydrogen-bond donors (Lipinski definition) is 3. The Bertz CT molecular complexity index is 543. The van der Waals surface area contributed by atoms with E-state index in [4.69, 9.17) is 0 Å². The first-order valence-corrected chi connectivity index (χ1v) is 8.95. The Balaban J connectivity index is 2.03. The number of aromatic nitrogens is 2. The van der Waals surface area contributed by atoms with Gasteiger partial charge in [0.2, 0.25) is 0 Å². The van der Waals surface area contributed by atoms with Gasteiger partial charge in [-0.1, -0.05) is 6.92 Å². The van der Waals surface area contributed by atoms with Gasteiger partial charge >= 0.3 is 0 Å². The van der Waals surface area contributed by atoms with Gasteiger partial charge in [-0.3, -0.25) is 5.10 Å². The first kappa shape index (κ1) is 16.4. The van der Waals surface area contributed by atoms with E-state index < -0.39 is 10.0 Å². The molecule has 0 amide bonds. The van der Waals surface area contributed by atoms with Crippen molar-refractivity contribution in [3.8, 4) is 0 Å². The maximum absolute atomic E-state index is 12.5. The third-order valence-corrected chi connectivity index (χ3v) is 5.17. The lowest BCUT2D eigenvalue weighted by Crippen LogP contribution is -2.46. The number of likely N-dealkylation sites (tertiary alicyclic amines) is 1. The maximum atomic E-state index is 12.5. The van der Waals surface area contributed by atoms with Crippen molar-refractivity contribution in [2.24, 2.45) is 0 Å². The zero-order valence-electron chi connectivity index (χ0n) is 12.7. The molecule has 1 aromatic heterocycles. The second-order valence-electron chi connectivity index (χ2n) is 5.62. The lowest BCUT2D eigenvalue weighted by molar-refractivity contribution is 0.242. The van der Waals surface area contributed by atoms with Gasteiger partial charge in [-0.15, -0.1) is 0 Å². The summed E-state index contributed by atoms with van der Waals surface area (Å²) in [6.07, 6.45) is 4.47. The zero-order chi connectivity index (χ0) is 15.3. The minimum atomic E-state index is -3.54. The van der Waals surface area contributed by atoms with Crippen molar-refractivity contribution in [2.75, 3.05) is 26.7 Å². The largest absolute Gasteiger partial charge is 0.313 e. The molecule has 21 heavy (non-hydrogen) atoms. The van der Waals surface area contributed by atoms with Gasteiger partial charge in [0.05, 0.1) is 6.20 Å². The topological polar surface area (TPSA) is 90.1 Å². The quantitative estimate of drug-likeness (QED) is 0.629. The fourth-order valence-corrected chi connectivity index (χ4v) is 3.99. The van der Waals surface area contributed by atoms with Crippen LogP contribution in [0, 0.1) is 0 Å². The average molecular weight is 315 g/mol. The van der Waals surface area contributed by atoms with Crippen molar-refractivity contribution in [1.82, 2.24) is 25.1 Å². The molecule has 3 N–H and O–H groups in total. The molecular weight excluding hydrogens is 290 g/mol. The highest BCUT2D eigenvalue weighted by Gasteiger charge is 2.26. The predicted molar refractivity (Wildman–Crippen MR) is 81.4 cm³/mol. The molecule has 8 heteroatoms. The molecule has 1 fully saturated rings. The van der Waals surface area contributed by atoms with Crippen LogP contribution in [0.4, 0.5) is 0 Å². The summed E-state index contributed by atoms with van der Waals surface area (Å²) >= 11 is 0. The van der Waals surface area contributed by atoms with Crippen LogP contribution in [-0.4, -0.2) is 56.2 Å². The molecule has 2 heterocycles. The summed E-state index contributed by atoms with van der Waals surface area (Å²) in [5, 5.41) is 9.88. The number of rotatable bonds is 7. The van der Waals surface area contributed by atoms with Crippen LogP contribution in [0.25, 0.3) is 0 Å². The Hall–Kier alpha value is -0.960. The van der Waals surface area contributed by atoms with E-state index in [9.17, 15) is 8.42 Å². The lowest BCUT2D eigenvalue weighted by Gasteiger charge is -2.29. The van der Waals surface area contributed by atoms with Crippen LogP contribution in [0.5, 0.6) is 0 Å². The number of nitrogens with zero attached hydrogens (tertiary/aromatic N) is 2. The number of H-pyrrole nitrogens is 1. The minimum Gasteiger partial charge on any atom is -0.313 e. The highest BCUT2D eigenvalue weighted by molar-refractivity contribution is 7.89. The summed E-state index contributed by atoms with van der Waals surface area (Å²) in [4.78, 5) is 2.15. The smallest absolute Gasteiger partial charge is 0.258 e. The lowest BCUT2D eigenvalue weighted by atomic mass is 10.1. The molecule has 0 bridgehead atoms. The summed E-state index contributed by atoms with van der Waals surface area (Å²) in [6, 6.07) is -0.0338. The van der Waals surface area contributed by atoms with E-state index in [2.05, 4.69) is 32.1 Å². The summed E-state index contributed by atoms with van der Waals surface area (Å²) in [5.41, 5.74) is 0.681. The molecule has 1 atom stereocenters. The summed E-state index contributed by atoms with van der Waals surface area (Å²) < 4.78 is 27.8. The van der Waals surface area contributed by atoms with Gasteiger partial charge in [0.1, 0.15) is 0 Å². The van der Waals surface area contributed by atoms with Crippen LogP contribution < -0.4 is 10.0 Å². The third-order valence-electron chi connectivity index (χ3n) is 3.64. The molecular formula is C13H25N5O2S. The number of hydrogen-bond acceptors (Lipinski definition) is 5. The van der Waals surface area contributed by atoms with Crippen molar-refractivity contribution in [3.05, 3.63) is 11.8 Å². The maximum Gasteiger partial charge on any atom is 0.258 e. The second kappa shape index (κ2) is 7.35. The van der Waals surface area contributed by atoms with Crippen LogP contribution in [-0.2, 0) is 16.6 Å². The Morgan fingerprint density at radius 3 is 3.05 bits per heavy atom. The Labute approximate surface area is 126 Å². The van der Waals surface area contributed by atoms with Crippen LogP contribution in [0.2, 0.25) is 0 Å². The Morgan fingerprint density at radius 1 is 1.52 bits per heavy atom. The molecule has 0 spiro atoms. The van der Waals surface area contributed by atoms with Crippen LogP contribution in [0.3, 0.4) is 0 Å². The second-order valence-corrected chi connectivity index (χ2v) is 7.27. The van der Waals surface area contributed by atoms with E-state index in [0.717, 1.165) is 38.9 Å². The molecule has 7 nitrogen and oxygen atoms in total. The van der Waals surface area contributed by atoms with Crippen molar-refractivity contribution >= 4 is 10.0 Å². The SMILES string of the molecule is CCCNCc1cn[nH]c1S(=O)(=O)NC1CCCN(C)C1. The van der Waals surface area contributed by atoms with Crippen molar-refractivity contribution in [2.45, 2.75) is 43.8 Å². The normalized spacial score (nSPS) is 20.8. The van der Waals surface area contributed by atoms with E-state index in [-0.39, 0.29) is 11.1 Å². The number of likely N-dealkylation sites (N-methyl/N-ethyl adjacent to an activating group) is 1. The standard InChI is InChI=1S/C13H25N5O2S/c1-3-6-14-8-11-9-15-16-13(11)21(19,20)17-12-5-4-7-18(2)10-12/h9,12,14,17H,3-8,10H2,1-2H3,(H,15,16). The zero-order valence-corrected chi connectivity index (χ0v) is 13.5. The molecule has 2 rings (SSSR count). The van der Waals surface area contributed by atoms with Gasteiger partial charge < -0.3 is 10.2 Å². The van der Waals surface area contributed by atoms with Gasteiger partial charge in [0.15, 0.2) is 5.03 Å². The highest BCUT2D eigenvalue weighted by atomic mass is 32.2. The van der Waals surface area contributed by atoms with E-state index >= 15 is 0 Å². The first-order chi connectivity index (χ1) is 10.0. The molecule has 0 saturated carbocycles. The minimum absolute atomic E-state index is 0.0338. The number of piperidine rings is 1. The van der Waals surface area contributed by atoms with Crippen molar-refractivity contribution in [3.63, 3.8) is 0 Å². The van der Waals surface area contributed by atoms with E-state index in [1.807, 2.05) is 7.05 Å². The Kier molecular flexibility index (Phi) is 5.74. The van der Waals surface area contributed by atoms with Gasteiger partial charge in [-0.25, -0.2) is 13.1 Å². The molecule has 0 aliphatic carbocycles. The molecule has 1 unspecified atom stereocenters. The summed E-state index contributed by atoms with van der Waals surface area (Å²) in [7, 11) is -1.53. The van der Waals surface area contributed by atoms with Gasteiger partial charge in [0, 0.05) is 24.7 Å². The van der Waals surface area contributed by atoms with E-state index in [1.165, 1.54) is 0 Å². The van der Waals surface area contributed by atoms with Crippen LogP contribution >= 0.6 is 0 Å². The van der Waals surface area contributed by atoms with Crippen LogP contribution in [0.15, 0.2) is 11.2 Å². The van der Waals surface area contributed by atoms with Crippen LogP contribution in [0.1, 0.15) is 31.7 Å². The van der Waals surface area contributed by atoms with Gasteiger partial charge in [0.25, 0.3) is 10.0 Å². The molecule has 0 radical (unpaired) electrons. The Morgan fingerprint density at radius 2 is 2.33 bits per heavy atom.